The third-order valence-electron chi connectivity index (χ3n) is 3.94. The first kappa shape index (κ1) is 19.8. The van der Waals surface area contributed by atoms with Crippen molar-refractivity contribution in [2.75, 3.05) is 24.2 Å². The molecule has 2 amide bonds. The van der Waals surface area contributed by atoms with Gasteiger partial charge in [0.1, 0.15) is 18.0 Å². The SMILES string of the molecule is C[C@H](OC(=O)CN1CCSC1=O)C(=O)Nc1ccc(Oc2ccccc2)cc1. The number of hydrogen-bond acceptors (Lipinski definition) is 6. The molecule has 1 aliphatic heterocycles. The summed E-state index contributed by atoms with van der Waals surface area (Å²) >= 11 is 1.17. The molecule has 7 nitrogen and oxygen atoms in total. The summed E-state index contributed by atoms with van der Waals surface area (Å²) in [5.41, 5.74) is 0.555. The highest BCUT2D eigenvalue weighted by molar-refractivity contribution is 8.13. The van der Waals surface area contributed by atoms with Crippen LogP contribution in [0, 0.1) is 0 Å². The summed E-state index contributed by atoms with van der Waals surface area (Å²) in [6.07, 6.45) is -0.974. The van der Waals surface area contributed by atoms with Gasteiger partial charge in [-0.05, 0) is 43.3 Å². The van der Waals surface area contributed by atoms with Crippen molar-refractivity contribution in [3.63, 3.8) is 0 Å². The van der Waals surface area contributed by atoms with E-state index in [4.69, 9.17) is 9.47 Å². The van der Waals surface area contributed by atoms with E-state index in [2.05, 4.69) is 5.32 Å². The van der Waals surface area contributed by atoms with Crippen LogP contribution < -0.4 is 10.1 Å². The number of anilines is 1. The van der Waals surface area contributed by atoms with E-state index >= 15 is 0 Å². The second kappa shape index (κ2) is 9.27. The molecule has 2 aromatic rings. The minimum atomic E-state index is -0.974. The standard InChI is InChI=1S/C20H20N2O5S/c1-14(26-18(23)13-22-11-12-28-20(22)25)19(24)21-15-7-9-17(10-8-15)27-16-5-3-2-4-6-16/h2-10,14H,11-13H2,1H3,(H,21,24)/t14-/m0/s1. The monoisotopic (exact) mass is 400 g/mol. The summed E-state index contributed by atoms with van der Waals surface area (Å²) in [7, 11) is 0. The van der Waals surface area contributed by atoms with E-state index in [9.17, 15) is 14.4 Å². The number of esters is 1. The average molecular weight is 400 g/mol. The maximum atomic E-state index is 12.2. The number of hydrogen-bond donors (Lipinski definition) is 1. The summed E-state index contributed by atoms with van der Waals surface area (Å²) in [4.78, 5) is 37.0. The van der Waals surface area contributed by atoms with Gasteiger partial charge in [0.2, 0.25) is 0 Å². The van der Waals surface area contributed by atoms with Gasteiger partial charge in [0.15, 0.2) is 6.10 Å². The minimum Gasteiger partial charge on any atom is -0.457 e. The number of benzene rings is 2. The number of thioether (sulfide) groups is 1. The highest BCUT2D eigenvalue weighted by atomic mass is 32.2. The Hall–Kier alpha value is -3.00. The van der Waals surface area contributed by atoms with Gasteiger partial charge in [0.05, 0.1) is 0 Å². The molecule has 0 aromatic heterocycles. The lowest BCUT2D eigenvalue weighted by Gasteiger charge is -2.17. The molecular weight excluding hydrogens is 380 g/mol. The highest BCUT2D eigenvalue weighted by Crippen LogP contribution is 2.22. The molecule has 1 fully saturated rings. The van der Waals surface area contributed by atoms with Gasteiger partial charge < -0.3 is 19.7 Å². The Labute approximate surface area is 167 Å². The first-order chi connectivity index (χ1) is 13.5. The third kappa shape index (κ3) is 5.50. The van der Waals surface area contributed by atoms with Crippen LogP contribution in [0.5, 0.6) is 11.5 Å². The summed E-state index contributed by atoms with van der Waals surface area (Å²) in [5, 5.41) is 2.54. The second-order valence-electron chi connectivity index (χ2n) is 6.10. The molecule has 0 saturated carbocycles. The van der Waals surface area contributed by atoms with Crippen molar-refractivity contribution in [3.8, 4) is 11.5 Å². The topological polar surface area (TPSA) is 84.9 Å². The zero-order valence-electron chi connectivity index (χ0n) is 15.3. The molecule has 0 spiro atoms. The van der Waals surface area contributed by atoms with Gasteiger partial charge in [-0.1, -0.05) is 30.0 Å². The Morgan fingerprint density at radius 3 is 2.43 bits per heavy atom. The van der Waals surface area contributed by atoms with E-state index in [1.54, 1.807) is 24.3 Å². The fraction of sp³-hybridized carbons (Fsp3) is 0.250. The first-order valence-electron chi connectivity index (χ1n) is 8.76. The van der Waals surface area contributed by atoms with Crippen molar-refractivity contribution < 1.29 is 23.9 Å². The van der Waals surface area contributed by atoms with Crippen molar-refractivity contribution >= 4 is 34.6 Å². The van der Waals surface area contributed by atoms with Crippen LogP contribution in [-0.4, -0.2) is 47.0 Å². The van der Waals surface area contributed by atoms with Crippen LogP contribution in [0.4, 0.5) is 10.5 Å². The molecule has 1 heterocycles. The lowest BCUT2D eigenvalue weighted by molar-refractivity contribution is -0.153. The largest absolute Gasteiger partial charge is 0.457 e. The second-order valence-corrected chi connectivity index (χ2v) is 7.14. The van der Waals surface area contributed by atoms with Gasteiger partial charge in [-0.15, -0.1) is 0 Å². The first-order valence-corrected chi connectivity index (χ1v) is 9.75. The lowest BCUT2D eigenvalue weighted by atomic mass is 10.2. The van der Waals surface area contributed by atoms with Gasteiger partial charge >= 0.3 is 5.97 Å². The molecule has 2 aromatic carbocycles. The number of nitrogens with one attached hydrogen (secondary N) is 1. The molecule has 1 atom stereocenters. The van der Waals surface area contributed by atoms with Crippen LogP contribution in [0.2, 0.25) is 0 Å². The van der Waals surface area contributed by atoms with Gasteiger partial charge in [0.25, 0.3) is 11.1 Å². The molecule has 0 aliphatic carbocycles. The van der Waals surface area contributed by atoms with E-state index in [0.29, 0.717) is 23.7 Å². The Bertz CT molecular complexity index is 841. The van der Waals surface area contributed by atoms with E-state index in [1.165, 1.54) is 23.6 Å². The average Bonchev–Trinajstić information content (AvgIpc) is 3.08. The summed E-state index contributed by atoms with van der Waals surface area (Å²) in [6, 6.07) is 16.2. The number of amides is 2. The quantitative estimate of drug-likeness (QED) is 0.716. The summed E-state index contributed by atoms with van der Waals surface area (Å²) in [6.45, 7) is 1.85. The Kier molecular flexibility index (Phi) is 6.54. The maximum Gasteiger partial charge on any atom is 0.326 e. The highest BCUT2D eigenvalue weighted by Gasteiger charge is 2.26. The molecule has 146 valence electrons. The van der Waals surface area contributed by atoms with Crippen LogP contribution in [0.25, 0.3) is 0 Å². The van der Waals surface area contributed by atoms with Gasteiger partial charge in [-0.25, -0.2) is 0 Å². The zero-order chi connectivity index (χ0) is 19.9. The number of carbonyl (C=O) groups is 3. The van der Waals surface area contributed by atoms with Crippen LogP contribution in [0.15, 0.2) is 54.6 Å². The molecule has 0 unspecified atom stereocenters. The molecular formula is C20H20N2O5S. The smallest absolute Gasteiger partial charge is 0.326 e. The normalized spacial score (nSPS) is 14.5. The number of nitrogens with zero attached hydrogens (tertiary/aromatic N) is 1. The molecule has 0 radical (unpaired) electrons. The van der Waals surface area contributed by atoms with Gasteiger partial charge in [-0.3, -0.25) is 14.4 Å². The van der Waals surface area contributed by atoms with Crippen molar-refractivity contribution in [2.45, 2.75) is 13.0 Å². The van der Waals surface area contributed by atoms with Crippen molar-refractivity contribution in [3.05, 3.63) is 54.6 Å². The van der Waals surface area contributed by atoms with E-state index in [0.717, 1.165) is 5.75 Å². The molecule has 0 bridgehead atoms. The van der Waals surface area contributed by atoms with E-state index in [-0.39, 0.29) is 11.8 Å². The van der Waals surface area contributed by atoms with Crippen LogP contribution in [0.3, 0.4) is 0 Å². The lowest BCUT2D eigenvalue weighted by Crippen LogP contribution is -2.36. The molecule has 28 heavy (non-hydrogen) atoms. The van der Waals surface area contributed by atoms with E-state index in [1.807, 2.05) is 30.3 Å². The minimum absolute atomic E-state index is 0.144. The summed E-state index contributed by atoms with van der Waals surface area (Å²) < 4.78 is 10.8. The summed E-state index contributed by atoms with van der Waals surface area (Å²) in [5.74, 6) is 0.954. The molecule has 3 rings (SSSR count). The Morgan fingerprint density at radius 1 is 1.11 bits per heavy atom. The number of carbonyl (C=O) groups excluding carboxylic acids is 3. The molecule has 1 saturated heterocycles. The maximum absolute atomic E-state index is 12.2. The third-order valence-corrected chi connectivity index (χ3v) is 4.83. The predicted octanol–water partition coefficient (Wildman–Crippen LogP) is 3.52. The molecule has 8 heteroatoms. The number of ether oxygens (including phenoxy) is 2. The van der Waals surface area contributed by atoms with Gasteiger partial charge in [-0.2, -0.15) is 0 Å². The van der Waals surface area contributed by atoms with Gasteiger partial charge in [0, 0.05) is 18.0 Å². The molecule has 1 aliphatic rings. The van der Waals surface area contributed by atoms with Crippen molar-refractivity contribution in [1.82, 2.24) is 4.90 Å². The Morgan fingerprint density at radius 2 is 1.79 bits per heavy atom. The predicted molar refractivity (Wildman–Crippen MR) is 107 cm³/mol. The molecule has 1 N–H and O–H groups in total. The zero-order valence-corrected chi connectivity index (χ0v) is 16.1. The Balaban J connectivity index is 1.48. The number of para-hydroxylation sites is 1. The van der Waals surface area contributed by atoms with Crippen LogP contribution >= 0.6 is 11.8 Å². The van der Waals surface area contributed by atoms with Crippen LogP contribution in [0.1, 0.15) is 6.92 Å². The van der Waals surface area contributed by atoms with Crippen molar-refractivity contribution in [2.24, 2.45) is 0 Å². The fourth-order valence-corrected chi connectivity index (χ4v) is 3.31. The van der Waals surface area contributed by atoms with E-state index < -0.39 is 18.0 Å². The van der Waals surface area contributed by atoms with Crippen molar-refractivity contribution in [1.29, 1.82) is 0 Å². The van der Waals surface area contributed by atoms with Crippen LogP contribution in [-0.2, 0) is 14.3 Å². The number of rotatable bonds is 7. The fourth-order valence-electron chi connectivity index (χ4n) is 2.49.